The molecule has 6 nitrogen and oxygen atoms in total. The number of hydrogen-bond acceptors (Lipinski definition) is 4. The molecule has 0 saturated heterocycles. The van der Waals surface area contributed by atoms with Crippen LogP contribution in [0.1, 0.15) is 22.3 Å². The van der Waals surface area contributed by atoms with Gasteiger partial charge in [-0.3, -0.25) is 9.69 Å². The fourth-order valence-corrected chi connectivity index (χ4v) is 4.91. The van der Waals surface area contributed by atoms with E-state index in [1.165, 1.54) is 11.3 Å². The SMILES string of the molecule is Cc1c(Cl)ccc2sc(N(CCCn3ccnc3)C(=O)c3c[nH]c4ccccc34)nc12. The number of rotatable bonds is 6. The van der Waals surface area contributed by atoms with Crippen molar-refractivity contribution < 1.29 is 4.79 Å². The number of para-hydroxylation sites is 1. The minimum Gasteiger partial charge on any atom is -0.360 e. The van der Waals surface area contributed by atoms with Gasteiger partial charge in [-0.2, -0.15) is 0 Å². The highest BCUT2D eigenvalue weighted by molar-refractivity contribution is 7.22. The average molecular weight is 450 g/mol. The molecule has 156 valence electrons. The number of amides is 1. The van der Waals surface area contributed by atoms with Crippen molar-refractivity contribution in [3.8, 4) is 0 Å². The van der Waals surface area contributed by atoms with Gasteiger partial charge in [0.2, 0.25) is 0 Å². The van der Waals surface area contributed by atoms with Crippen LogP contribution in [0.3, 0.4) is 0 Å². The fourth-order valence-electron chi connectivity index (χ4n) is 3.71. The van der Waals surface area contributed by atoms with Crippen LogP contribution in [0.5, 0.6) is 0 Å². The van der Waals surface area contributed by atoms with Gasteiger partial charge in [0.1, 0.15) is 0 Å². The maximum Gasteiger partial charge on any atom is 0.262 e. The molecule has 0 saturated carbocycles. The summed E-state index contributed by atoms with van der Waals surface area (Å²) in [4.78, 5) is 27.6. The van der Waals surface area contributed by atoms with E-state index in [0.717, 1.165) is 39.6 Å². The summed E-state index contributed by atoms with van der Waals surface area (Å²) in [6, 6.07) is 11.7. The lowest BCUT2D eigenvalue weighted by molar-refractivity contribution is 0.0988. The molecule has 5 aromatic rings. The molecule has 1 N–H and O–H groups in total. The number of imidazole rings is 1. The summed E-state index contributed by atoms with van der Waals surface area (Å²) in [5.41, 5.74) is 3.36. The van der Waals surface area contributed by atoms with E-state index in [9.17, 15) is 4.79 Å². The highest BCUT2D eigenvalue weighted by atomic mass is 35.5. The molecule has 3 heterocycles. The third-order valence-corrected chi connectivity index (χ3v) is 6.84. The molecule has 5 rings (SSSR count). The Labute approximate surface area is 188 Å². The Morgan fingerprint density at radius 3 is 2.97 bits per heavy atom. The van der Waals surface area contributed by atoms with Gasteiger partial charge in [0.25, 0.3) is 5.91 Å². The highest BCUT2D eigenvalue weighted by Gasteiger charge is 2.24. The normalized spacial score (nSPS) is 11.4. The van der Waals surface area contributed by atoms with Crippen LogP contribution in [0.2, 0.25) is 5.02 Å². The second kappa shape index (κ2) is 8.17. The van der Waals surface area contributed by atoms with Gasteiger partial charge in [0.15, 0.2) is 5.13 Å². The van der Waals surface area contributed by atoms with Crippen molar-refractivity contribution in [2.24, 2.45) is 0 Å². The molecule has 0 atom stereocenters. The summed E-state index contributed by atoms with van der Waals surface area (Å²) in [5, 5.41) is 2.27. The standard InChI is InChI=1S/C23H20ClN5OS/c1-15-18(24)7-8-20-21(15)27-23(31-20)29(11-4-10-28-12-9-25-14-28)22(30)17-13-26-19-6-3-2-5-16(17)19/h2-3,5-9,12-14,26H,4,10-11H2,1H3. The molecule has 0 bridgehead atoms. The minimum atomic E-state index is -0.0640. The Morgan fingerprint density at radius 1 is 1.26 bits per heavy atom. The first kappa shape index (κ1) is 19.8. The smallest absolute Gasteiger partial charge is 0.262 e. The Balaban J connectivity index is 1.52. The molecular formula is C23H20ClN5OS. The third kappa shape index (κ3) is 3.71. The maximum atomic E-state index is 13.7. The van der Waals surface area contributed by atoms with Crippen molar-refractivity contribution in [3.63, 3.8) is 0 Å². The molecule has 0 radical (unpaired) electrons. The quantitative estimate of drug-likeness (QED) is 0.363. The minimum absolute atomic E-state index is 0.0640. The number of halogens is 1. The number of fused-ring (bicyclic) bond motifs is 2. The van der Waals surface area contributed by atoms with E-state index < -0.39 is 0 Å². The highest BCUT2D eigenvalue weighted by Crippen LogP contribution is 2.34. The van der Waals surface area contributed by atoms with Gasteiger partial charge in [-0.15, -0.1) is 0 Å². The van der Waals surface area contributed by atoms with Gasteiger partial charge in [-0.05, 0) is 37.1 Å². The van der Waals surface area contributed by atoms with Gasteiger partial charge < -0.3 is 9.55 Å². The van der Waals surface area contributed by atoms with Gasteiger partial charge in [0, 0.05) is 47.6 Å². The lowest BCUT2D eigenvalue weighted by atomic mass is 10.1. The lowest BCUT2D eigenvalue weighted by Crippen LogP contribution is -2.32. The van der Waals surface area contributed by atoms with Crippen molar-refractivity contribution in [2.45, 2.75) is 19.9 Å². The van der Waals surface area contributed by atoms with E-state index in [1.54, 1.807) is 23.6 Å². The molecule has 0 fully saturated rings. The van der Waals surface area contributed by atoms with Crippen LogP contribution < -0.4 is 4.90 Å². The van der Waals surface area contributed by atoms with Crippen LogP contribution >= 0.6 is 22.9 Å². The van der Waals surface area contributed by atoms with Crippen LogP contribution in [-0.2, 0) is 6.54 Å². The van der Waals surface area contributed by atoms with E-state index in [4.69, 9.17) is 16.6 Å². The molecule has 2 aromatic carbocycles. The zero-order chi connectivity index (χ0) is 21.4. The lowest BCUT2D eigenvalue weighted by Gasteiger charge is -2.19. The van der Waals surface area contributed by atoms with Gasteiger partial charge in [-0.25, -0.2) is 9.97 Å². The Morgan fingerprint density at radius 2 is 2.13 bits per heavy atom. The molecule has 3 aromatic heterocycles. The molecule has 31 heavy (non-hydrogen) atoms. The van der Waals surface area contributed by atoms with E-state index in [-0.39, 0.29) is 5.91 Å². The maximum absolute atomic E-state index is 13.7. The van der Waals surface area contributed by atoms with Gasteiger partial charge in [-0.1, -0.05) is 41.1 Å². The van der Waals surface area contributed by atoms with E-state index in [1.807, 2.05) is 54.1 Å². The van der Waals surface area contributed by atoms with E-state index in [0.29, 0.717) is 22.3 Å². The molecule has 0 unspecified atom stereocenters. The second-order valence-electron chi connectivity index (χ2n) is 7.37. The van der Waals surface area contributed by atoms with E-state index in [2.05, 4.69) is 9.97 Å². The number of nitrogens with one attached hydrogen (secondary N) is 1. The predicted octanol–water partition coefficient (Wildman–Crippen LogP) is 5.67. The van der Waals surface area contributed by atoms with Crippen LogP contribution in [0.25, 0.3) is 21.1 Å². The van der Waals surface area contributed by atoms with Gasteiger partial charge >= 0.3 is 0 Å². The number of aromatic nitrogens is 4. The number of carbonyl (C=O) groups is 1. The fraction of sp³-hybridized carbons (Fsp3) is 0.174. The van der Waals surface area contributed by atoms with Crippen LogP contribution in [0.4, 0.5) is 5.13 Å². The number of benzene rings is 2. The molecule has 0 aliphatic carbocycles. The van der Waals surface area contributed by atoms with Crippen molar-refractivity contribution in [2.75, 3.05) is 11.4 Å². The summed E-state index contributed by atoms with van der Waals surface area (Å²) in [6.45, 7) is 3.27. The zero-order valence-electron chi connectivity index (χ0n) is 16.9. The zero-order valence-corrected chi connectivity index (χ0v) is 18.5. The molecule has 1 amide bonds. The largest absolute Gasteiger partial charge is 0.360 e. The van der Waals surface area contributed by atoms with Crippen LogP contribution in [0.15, 0.2) is 61.3 Å². The summed E-state index contributed by atoms with van der Waals surface area (Å²) >= 11 is 7.81. The summed E-state index contributed by atoms with van der Waals surface area (Å²) in [7, 11) is 0. The predicted molar refractivity (Wildman–Crippen MR) is 126 cm³/mol. The number of aromatic amines is 1. The summed E-state index contributed by atoms with van der Waals surface area (Å²) < 4.78 is 3.03. The number of H-pyrrole nitrogens is 1. The van der Waals surface area contributed by atoms with Crippen LogP contribution in [0, 0.1) is 6.92 Å². The van der Waals surface area contributed by atoms with Crippen LogP contribution in [-0.4, -0.2) is 32.0 Å². The van der Waals surface area contributed by atoms with Crippen molar-refractivity contribution >= 4 is 55.1 Å². The van der Waals surface area contributed by atoms with E-state index >= 15 is 0 Å². The molecule has 0 aliphatic rings. The Kier molecular flexibility index (Phi) is 5.21. The first-order chi connectivity index (χ1) is 15.1. The first-order valence-electron chi connectivity index (χ1n) is 10.0. The molecule has 0 aliphatic heterocycles. The van der Waals surface area contributed by atoms with Crippen molar-refractivity contribution in [1.29, 1.82) is 0 Å². The Bertz CT molecular complexity index is 1370. The monoisotopic (exact) mass is 449 g/mol. The number of anilines is 1. The molecule has 0 spiro atoms. The molecular weight excluding hydrogens is 430 g/mol. The number of aryl methyl sites for hydroxylation is 2. The number of thiazole rings is 1. The number of nitrogens with zero attached hydrogens (tertiary/aromatic N) is 4. The average Bonchev–Trinajstić information content (AvgIpc) is 3.53. The van der Waals surface area contributed by atoms with Gasteiger partial charge in [0.05, 0.1) is 22.1 Å². The third-order valence-electron chi connectivity index (χ3n) is 5.39. The van der Waals surface area contributed by atoms with Crippen molar-refractivity contribution in [3.05, 3.63) is 77.5 Å². The topological polar surface area (TPSA) is 66.8 Å². The summed E-state index contributed by atoms with van der Waals surface area (Å²) in [6.07, 6.45) is 8.03. The summed E-state index contributed by atoms with van der Waals surface area (Å²) in [5.74, 6) is -0.0640. The van der Waals surface area contributed by atoms with Crippen molar-refractivity contribution in [1.82, 2.24) is 19.5 Å². The number of hydrogen-bond donors (Lipinski definition) is 1. The Hall–Kier alpha value is -3.16. The number of carbonyl (C=O) groups excluding carboxylic acids is 1. The second-order valence-corrected chi connectivity index (χ2v) is 8.79. The first-order valence-corrected chi connectivity index (χ1v) is 11.2. The molecule has 8 heteroatoms.